The fourth-order valence-corrected chi connectivity index (χ4v) is 3.51. The van der Waals surface area contributed by atoms with E-state index in [1.54, 1.807) is 11.8 Å². The van der Waals surface area contributed by atoms with Crippen LogP contribution in [0.2, 0.25) is 0 Å². The van der Waals surface area contributed by atoms with Crippen molar-refractivity contribution in [1.29, 1.82) is 5.26 Å². The van der Waals surface area contributed by atoms with Gasteiger partial charge in [-0.15, -0.1) is 4.99 Å². The summed E-state index contributed by atoms with van der Waals surface area (Å²) in [6.07, 6.45) is 3.66. The van der Waals surface area contributed by atoms with Gasteiger partial charge in [-0.3, -0.25) is 0 Å². The second-order valence-corrected chi connectivity index (χ2v) is 6.09. The van der Waals surface area contributed by atoms with E-state index in [1.165, 1.54) is 0 Å². The Balaban J connectivity index is 2.16. The predicted octanol–water partition coefficient (Wildman–Crippen LogP) is 2.99. The van der Waals surface area contributed by atoms with E-state index in [0.717, 1.165) is 32.1 Å². The first-order chi connectivity index (χ1) is 8.20. The lowest BCUT2D eigenvalue weighted by atomic mass is 10.3. The number of rotatable bonds is 2. The summed E-state index contributed by atoms with van der Waals surface area (Å²) in [7, 11) is 0. The molecule has 0 atom stereocenters. The number of nitriles is 1. The molecular formula is C10H8Br2N4S. The fourth-order valence-electron chi connectivity index (χ4n) is 1.48. The van der Waals surface area contributed by atoms with Crippen molar-refractivity contribution in [3.63, 3.8) is 0 Å². The lowest BCUT2D eigenvalue weighted by molar-refractivity contribution is 0.455. The minimum Gasteiger partial charge on any atom is -0.345 e. The summed E-state index contributed by atoms with van der Waals surface area (Å²) in [5, 5.41) is 9.39. The van der Waals surface area contributed by atoms with E-state index in [2.05, 4.69) is 46.7 Å². The highest BCUT2D eigenvalue weighted by atomic mass is 79.9. The molecule has 0 saturated carbocycles. The molecule has 0 spiro atoms. The van der Waals surface area contributed by atoms with Gasteiger partial charge in [0.05, 0.1) is 0 Å². The van der Waals surface area contributed by atoms with Crippen molar-refractivity contribution in [2.24, 2.45) is 4.99 Å². The molecule has 1 aliphatic heterocycles. The first-order valence-corrected chi connectivity index (χ1v) is 7.42. The van der Waals surface area contributed by atoms with Gasteiger partial charge in [-0.25, -0.2) is 4.98 Å². The van der Waals surface area contributed by atoms with Gasteiger partial charge in [0.1, 0.15) is 4.60 Å². The lowest BCUT2D eigenvalue weighted by Gasteiger charge is -2.17. The van der Waals surface area contributed by atoms with Crippen molar-refractivity contribution in [2.75, 3.05) is 12.3 Å². The van der Waals surface area contributed by atoms with Gasteiger partial charge in [0.2, 0.25) is 6.19 Å². The van der Waals surface area contributed by atoms with E-state index in [-0.39, 0.29) is 0 Å². The predicted molar refractivity (Wildman–Crippen MR) is 75.6 cm³/mol. The third-order valence-electron chi connectivity index (χ3n) is 2.27. The third-order valence-corrected chi connectivity index (χ3v) is 4.43. The van der Waals surface area contributed by atoms with Crippen LogP contribution in [0.1, 0.15) is 5.56 Å². The van der Waals surface area contributed by atoms with Crippen LogP contribution in [0.5, 0.6) is 0 Å². The highest BCUT2D eigenvalue weighted by molar-refractivity contribution is 9.11. The number of halogens is 2. The molecule has 0 aromatic carbocycles. The number of pyridine rings is 1. The second-order valence-electron chi connectivity index (χ2n) is 3.36. The Labute approximate surface area is 120 Å². The van der Waals surface area contributed by atoms with Crippen molar-refractivity contribution < 1.29 is 0 Å². The van der Waals surface area contributed by atoms with Crippen LogP contribution in [0, 0.1) is 11.5 Å². The normalized spacial score (nSPS) is 17.5. The van der Waals surface area contributed by atoms with Crippen molar-refractivity contribution in [3.05, 3.63) is 26.9 Å². The Morgan fingerprint density at radius 3 is 3.12 bits per heavy atom. The molecule has 0 unspecified atom stereocenters. The molecule has 2 heterocycles. The molecule has 0 amide bonds. The summed E-state index contributed by atoms with van der Waals surface area (Å²) in [5.41, 5.74) is 1.08. The smallest absolute Gasteiger partial charge is 0.208 e. The Kier molecular flexibility index (Phi) is 4.42. The molecule has 7 heteroatoms. The molecule has 1 aromatic heterocycles. The van der Waals surface area contributed by atoms with Crippen LogP contribution < -0.4 is 0 Å². The zero-order valence-corrected chi connectivity index (χ0v) is 12.7. The van der Waals surface area contributed by atoms with Gasteiger partial charge in [-0.1, -0.05) is 27.7 Å². The van der Waals surface area contributed by atoms with Gasteiger partial charge in [0, 0.05) is 35.1 Å². The molecule has 1 aromatic rings. The van der Waals surface area contributed by atoms with Crippen LogP contribution >= 0.6 is 43.6 Å². The fraction of sp³-hybridized carbons (Fsp3) is 0.300. The van der Waals surface area contributed by atoms with E-state index in [9.17, 15) is 0 Å². The van der Waals surface area contributed by atoms with E-state index < -0.39 is 0 Å². The van der Waals surface area contributed by atoms with Gasteiger partial charge in [-0.05, 0) is 22.0 Å². The largest absolute Gasteiger partial charge is 0.345 e. The van der Waals surface area contributed by atoms with Crippen molar-refractivity contribution in [1.82, 2.24) is 9.88 Å². The van der Waals surface area contributed by atoms with E-state index in [0.29, 0.717) is 6.54 Å². The molecule has 0 radical (unpaired) electrons. The van der Waals surface area contributed by atoms with Crippen molar-refractivity contribution >= 4 is 48.8 Å². The third kappa shape index (κ3) is 3.21. The standard InChI is InChI=1S/C10H8Br2N4S/c11-8-3-9(12)14-4-7(8)5-16-1-2-17-10(16)15-6-13/h3-4H,1-2,5H2. The average Bonchev–Trinajstić information content (AvgIpc) is 2.71. The molecular weight excluding hydrogens is 368 g/mol. The summed E-state index contributed by atoms with van der Waals surface area (Å²) in [6, 6.07) is 1.92. The quantitative estimate of drug-likeness (QED) is 0.589. The maximum atomic E-state index is 8.60. The molecule has 1 fully saturated rings. The molecule has 88 valence electrons. The summed E-state index contributed by atoms with van der Waals surface area (Å²) in [4.78, 5) is 10.1. The lowest BCUT2D eigenvalue weighted by Crippen LogP contribution is -2.23. The first-order valence-electron chi connectivity index (χ1n) is 4.85. The SMILES string of the molecule is N#CN=C1SCCN1Cc1cnc(Br)cc1Br. The molecule has 1 saturated heterocycles. The maximum absolute atomic E-state index is 8.60. The van der Waals surface area contributed by atoms with Crippen LogP contribution in [-0.4, -0.2) is 27.3 Å². The van der Waals surface area contributed by atoms with Crippen LogP contribution in [0.25, 0.3) is 0 Å². The summed E-state index contributed by atoms with van der Waals surface area (Å²) < 4.78 is 1.81. The number of aromatic nitrogens is 1. The van der Waals surface area contributed by atoms with Crippen LogP contribution in [-0.2, 0) is 6.54 Å². The Hall–Kier alpha value is -0.580. The summed E-state index contributed by atoms with van der Waals surface area (Å²) in [6.45, 7) is 1.63. The van der Waals surface area contributed by atoms with E-state index in [1.807, 2.05) is 18.5 Å². The Morgan fingerprint density at radius 2 is 2.41 bits per heavy atom. The van der Waals surface area contributed by atoms with Crippen LogP contribution in [0.3, 0.4) is 0 Å². The first kappa shape index (κ1) is 12.9. The van der Waals surface area contributed by atoms with E-state index >= 15 is 0 Å². The van der Waals surface area contributed by atoms with Gasteiger partial charge in [-0.2, -0.15) is 5.26 Å². The minimum atomic E-state index is 0.717. The van der Waals surface area contributed by atoms with Gasteiger partial charge >= 0.3 is 0 Å². The van der Waals surface area contributed by atoms with Crippen molar-refractivity contribution in [3.8, 4) is 6.19 Å². The average molecular weight is 376 g/mol. The zero-order valence-electron chi connectivity index (χ0n) is 8.73. The minimum absolute atomic E-state index is 0.717. The summed E-state index contributed by atoms with van der Waals surface area (Å²) in [5.74, 6) is 0.974. The summed E-state index contributed by atoms with van der Waals surface area (Å²) >= 11 is 8.44. The number of hydrogen-bond acceptors (Lipinski definition) is 4. The molecule has 1 aliphatic rings. The molecule has 0 bridgehead atoms. The number of aliphatic imine (C=N–C) groups is 1. The molecule has 2 rings (SSSR count). The van der Waals surface area contributed by atoms with Gasteiger partial charge in [0.25, 0.3) is 0 Å². The van der Waals surface area contributed by atoms with Gasteiger partial charge < -0.3 is 4.90 Å². The monoisotopic (exact) mass is 374 g/mol. The van der Waals surface area contributed by atoms with E-state index in [4.69, 9.17) is 5.26 Å². The molecule has 17 heavy (non-hydrogen) atoms. The van der Waals surface area contributed by atoms with Crippen LogP contribution in [0.4, 0.5) is 0 Å². The highest BCUT2D eigenvalue weighted by Crippen LogP contribution is 2.25. The molecule has 0 N–H and O–H groups in total. The van der Waals surface area contributed by atoms with Gasteiger partial charge in [0.15, 0.2) is 5.17 Å². The molecule has 0 aliphatic carbocycles. The number of thioether (sulfide) groups is 1. The zero-order chi connectivity index (χ0) is 12.3. The van der Waals surface area contributed by atoms with Crippen LogP contribution in [0.15, 0.2) is 26.3 Å². The Morgan fingerprint density at radius 1 is 1.59 bits per heavy atom. The number of hydrogen-bond donors (Lipinski definition) is 0. The number of nitrogens with zero attached hydrogens (tertiary/aromatic N) is 4. The van der Waals surface area contributed by atoms with Crippen molar-refractivity contribution in [2.45, 2.75) is 6.54 Å². The topological polar surface area (TPSA) is 52.3 Å². The molecule has 4 nitrogen and oxygen atoms in total. The maximum Gasteiger partial charge on any atom is 0.208 e. The second kappa shape index (κ2) is 5.85. The highest BCUT2D eigenvalue weighted by Gasteiger charge is 2.20. The number of amidine groups is 1. The Bertz CT molecular complexity index is 498.